The highest BCUT2D eigenvalue weighted by molar-refractivity contribution is 7.11. The molecule has 1 aliphatic heterocycles. The van der Waals surface area contributed by atoms with Crippen LogP contribution in [0.5, 0.6) is 0 Å². The first-order valence-electron chi connectivity index (χ1n) is 8.04. The molecule has 2 amide bonds. The maximum Gasteiger partial charge on any atom is 0.255 e. The van der Waals surface area contributed by atoms with Crippen molar-refractivity contribution >= 4 is 34.8 Å². The fraction of sp³-hybridized carbons (Fsp3) is 0.263. The first kappa shape index (κ1) is 16.5. The second kappa shape index (κ2) is 7.45. The van der Waals surface area contributed by atoms with Crippen LogP contribution >= 0.6 is 11.3 Å². The predicted octanol–water partition coefficient (Wildman–Crippen LogP) is 3.01. The zero-order chi connectivity index (χ0) is 16.9. The van der Waals surface area contributed by atoms with Crippen molar-refractivity contribution in [2.75, 3.05) is 13.1 Å². The molecule has 4 nitrogen and oxygen atoms in total. The van der Waals surface area contributed by atoms with Crippen molar-refractivity contribution in [1.82, 2.24) is 4.90 Å². The Hall–Kier alpha value is -2.40. The second-order valence-electron chi connectivity index (χ2n) is 5.91. The molecular formula is C19H20N2O2S. The third-order valence-corrected chi connectivity index (χ3v) is 5.22. The summed E-state index contributed by atoms with van der Waals surface area (Å²) in [5.74, 6) is -0.359. The molecule has 2 aromatic rings. The molecule has 0 spiro atoms. The van der Waals surface area contributed by atoms with Crippen LogP contribution in [0.2, 0.25) is 0 Å². The first-order valence-corrected chi connectivity index (χ1v) is 8.92. The van der Waals surface area contributed by atoms with Crippen LogP contribution in [0.25, 0.3) is 11.6 Å². The monoisotopic (exact) mass is 340 g/mol. The number of amides is 2. The van der Waals surface area contributed by atoms with Crippen LogP contribution in [0.3, 0.4) is 0 Å². The van der Waals surface area contributed by atoms with Gasteiger partial charge >= 0.3 is 0 Å². The lowest BCUT2D eigenvalue weighted by atomic mass is 9.95. The average Bonchev–Trinajstić information content (AvgIpc) is 3.14. The lowest BCUT2D eigenvalue weighted by molar-refractivity contribution is -0.130. The topological polar surface area (TPSA) is 63.4 Å². The van der Waals surface area contributed by atoms with Crippen molar-refractivity contribution in [3.63, 3.8) is 0 Å². The third-order valence-electron chi connectivity index (χ3n) is 4.31. The highest BCUT2D eigenvalue weighted by Crippen LogP contribution is 2.27. The van der Waals surface area contributed by atoms with Crippen LogP contribution in [0.4, 0.5) is 0 Å². The van der Waals surface area contributed by atoms with Gasteiger partial charge in [0.1, 0.15) is 0 Å². The van der Waals surface area contributed by atoms with Gasteiger partial charge in [-0.1, -0.05) is 36.4 Å². The van der Waals surface area contributed by atoms with Crippen molar-refractivity contribution in [2.24, 2.45) is 11.7 Å². The van der Waals surface area contributed by atoms with E-state index in [1.54, 1.807) is 11.3 Å². The molecule has 124 valence electrons. The van der Waals surface area contributed by atoms with Gasteiger partial charge in [0, 0.05) is 23.9 Å². The van der Waals surface area contributed by atoms with Gasteiger partial charge in [0.2, 0.25) is 5.91 Å². The number of thiophene rings is 1. The minimum atomic E-state index is -0.264. The number of carbonyl (C=O) groups excluding carboxylic acids is 2. The van der Waals surface area contributed by atoms with Gasteiger partial charge in [0.15, 0.2) is 0 Å². The highest BCUT2D eigenvalue weighted by Gasteiger charge is 2.28. The number of nitrogens with zero attached hydrogens (tertiary/aromatic N) is 1. The molecule has 0 bridgehead atoms. The summed E-state index contributed by atoms with van der Waals surface area (Å²) in [7, 11) is 0. The molecule has 2 heterocycles. The lowest BCUT2D eigenvalue weighted by Crippen LogP contribution is -2.42. The smallest absolute Gasteiger partial charge is 0.255 e. The second-order valence-corrected chi connectivity index (χ2v) is 6.86. The number of likely N-dealkylation sites (tertiary alicyclic amines) is 1. The highest BCUT2D eigenvalue weighted by atomic mass is 32.1. The molecule has 3 rings (SSSR count). The number of benzene rings is 1. The first-order chi connectivity index (χ1) is 11.6. The molecule has 5 heteroatoms. The molecule has 0 saturated carbocycles. The van der Waals surface area contributed by atoms with E-state index in [0.717, 1.165) is 10.4 Å². The summed E-state index contributed by atoms with van der Waals surface area (Å²) in [6.07, 6.45) is 3.22. The molecular weight excluding hydrogens is 320 g/mol. The molecule has 1 aromatic carbocycles. The zero-order valence-electron chi connectivity index (χ0n) is 13.4. The number of hydrogen-bond donors (Lipinski definition) is 1. The molecule has 24 heavy (non-hydrogen) atoms. The quantitative estimate of drug-likeness (QED) is 0.870. The normalized spacial score (nSPS) is 16.2. The Morgan fingerprint density at radius 1 is 1.08 bits per heavy atom. The van der Waals surface area contributed by atoms with E-state index in [4.69, 9.17) is 5.73 Å². The van der Waals surface area contributed by atoms with Crippen molar-refractivity contribution in [3.8, 4) is 0 Å². The van der Waals surface area contributed by atoms with Gasteiger partial charge in [0.05, 0.1) is 5.57 Å². The molecule has 0 unspecified atom stereocenters. The maximum atomic E-state index is 13.0. The fourth-order valence-electron chi connectivity index (χ4n) is 2.92. The number of piperidine rings is 1. The van der Waals surface area contributed by atoms with E-state index in [0.29, 0.717) is 31.5 Å². The Balaban J connectivity index is 1.83. The molecule has 0 aliphatic carbocycles. The van der Waals surface area contributed by atoms with Gasteiger partial charge in [-0.2, -0.15) is 0 Å². The summed E-state index contributed by atoms with van der Waals surface area (Å²) in [5.41, 5.74) is 7.08. The predicted molar refractivity (Wildman–Crippen MR) is 97.1 cm³/mol. The minimum Gasteiger partial charge on any atom is -0.369 e. The third kappa shape index (κ3) is 3.74. The zero-order valence-corrected chi connectivity index (χ0v) is 14.2. The van der Waals surface area contributed by atoms with Crippen LogP contribution in [-0.4, -0.2) is 29.8 Å². The molecule has 2 N–H and O–H groups in total. The molecule has 0 radical (unpaired) electrons. The lowest BCUT2D eigenvalue weighted by Gasteiger charge is -2.31. The summed E-state index contributed by atoms with van der Waals surface area (Å²) in [6.45, 7) is 1.15. The van der Waals surface area contributed by atoms with Crippen molar-refractivity contribution < 1.29 is 9.59 Å². The van der Waals surface area contributed by atoms with E-state index in [-0.39, 0.29) is 17.7 Å². The van der Waals surface area contributed by atoms with Crippen molar-refractivity contribution in [3.05, 3.63) is 58.3 Å². The van der Waals surface area contributed by atoms with E-state index < -0.39 is 0 Å². The van der Waals surface area contributed by atoms with Gasteiger partial charge in [-0.15, -0.1) is 11.3 Å². The van der Waals surface area contributed by atoms with Gasteiger partial charge in [-0.05, 0) is 35.9 Å². The average molecular weight is 340 g/mol. The van der Waals surface area contributed by atoms with Gasteiger partial charge in [-0.3, -0.25) is 9.59 Å². The number of hydrogen-bond acceptors (Lipinski definition) is 3. The Labute approximate surface area is 145 Å². The van der Waals surface area contributed by atoms with Crippen LogP contribution in [0, 0.1) is 5.92 Å². The summed E-state index contributed by atoms with van der Waals surface area (Å²) in [6, 6.07) is 13.8. The minimum absolute atomic E-state index is 0.0178. The molecule has 1 saturated heterocycles. The Kier molecular flexibility index (Phi) is 5.11. The molecule has 1 fully saturated rings. The van der Waals surface area contributed by atoms with E-state index >= 15 is 0 Å². The van der Waals surface area contributed by atoms with E-state index in [1.807, 2.05) is 58.8 Å². The standard InChI is InChI=1S/C19H20N2O2S/c20-18(22)15-8-10-21(11-9-15)19(23)16(17-7-4-12-24-17)13-14-5-2-1-3-6-14/h1-7,12-13,15H,8-11H2,(H2,20,22)/b16-13-. The van der Waals surface area contributed by atoms with Crippen LogP contribution in [0.15, 0.2) is 47.8 Å². The largest absolute Gasteiger partial charge is 0.369 e. The van der Waals surface area contributed by atoms with Gasteiger partial charge in [-0.25, -0.2) is 0 Å². The maximum absolute atomic E-state index is 13.0. The Morgan fingerprint density at radius 3 is 2.38 bits per heavy atom. The summed E-state index contributed by atoms with van der Waals surface area (Å²) in [4.78, 5) is 27.1. The van der Waals surface area contributed by atoms with Crippen LogP contribution in [-0.2, 0) is 9.59 Å². The fourth-order valence-corrected chi connectivity index (χ4v) is 3.66. The molecule has 1 aliphatic rings. The number of carbonyl (C=O) groups is 2. The number of primary amides is 1. The SMILES string of the molecule is NC(=O)C1CCN(C(=O)/C(=C\c2ccccc2)c2cccs2)CC1. The van der Waals surface area contributed by atoms with E-state index in [1.165, 1.54) is 0 Å². The van der Waals surface area contributed by atoms with Gasteiger partial charge in [0.25, 0.3) is 5.91 Å². The summed E-state index contributed by atoms with van der Waals surface area (Å²) < 4.78 is 0. The van der Waals surface area contributed by atoms with E-state index in [9.17, 15) is 9.59 Å². The van der Waals surface area contributed by atoms with E-state index in [2.05, 4.69) is 0 Å². The van der Waals surface area contributed by atoms with Crippen LogP contribution in [0.1, 0.15) is 23.3 Å². The Bertz CT molecular complexity index is 730. The molecule has 1 aromatic heterocycles. The van der Waals surface area contributed by atoms with Gasteiger partial charge < -0.3 is 10.6 Å². The van der Waals surface area contributed by atoms with Crippen LogP contribution < -0.4 is 5.73 Å². The van der Waals surface area contributed by atoms with Crippen molar-refractivity contribution in [2.45, 2.75) is 12.8 Å². The number of nitrogens with two attached hydrogens (primary N) is 1. The Morgan fingerprint density at radius 2 is 1.79 bits per heavy atom. The number of rotatable bonds is 4. The summed E-state index contributed by atoms with van der Waals surface area (Å²) in [5, 5.41) is 1.97. The molecule has 0 atom stereocenters. The summed E-state index contributed by atoms with van der Waals surface area (Å²) >= 11 is 1.56. The van der Waals surface area contributed by atoms with Crippen molar-refractivity contribution in [1.29, 1.82) is 0 Å².